The number of anilines is 1. The van der Waals surface area contributed by atoms with Gasteiger partial charge in [0.2, 0.25) is 0 Å². The van der Waals surface area contributed by atoms with Crippen LogP contribution in [0.2, 0.25) is 0 Å². The highest BCUT2D eigenvalue weighted by Crippen LogP contribution is 2.43. The smallest absolute Gasteiger partial charge is 0.259 e. The van der Waals surface area contributed by atoms with Crippen molar-refractivity contribution in [1.29, 1.82) is 0 Å². The Labute approximate surface area is 171 Å². The van der Waals surface area contributed by atoms with Crippen LogP contribution < -0.4 is 21.4 Å². The van der Waals surface area contributed by atoms with Crippen LogP contribution in [0.5, 0.6) is 0 Å². The Balaban J connectivity index is 1.83. The summed E-state index contributed by atoms with van der Waals surface area (Å²) in [5.74, 6) is -0.912. The number of aryl methyl sites for hydroxylation is 1. The number of aromatic nitrogens is 1. The van der Waals surface area contributed by atoms with E-state index in [0.717, 1.165) is 29.7 Å². The molecule has 29 heavy (non-hydrogen) atoms. The van der Waals surface area contributed by atoms with Gasteiger partial charge in [-0.1, -0.05) is 0 Å². The first kappa shape index (κ1) is 18.6. The number of rotatable bonds is 3. The summed E-state index contributed by atoms with van der Waals surface area (Å²) >= 11 is 1.27. The van der Waals surface area contributed by atoms with Crippen molar-refractivity contribution in [3.8, 4) is 0 Å². The van der Waals surface area contributed by atoms with Crippen LogP contribution in [0, 0.1) is 12.7 Å². The molecule has 3 N–H and O–H groups in total. The fourth-order valence-electron chi connectivity index (χ4n) is 4.44. The molecule has 0 bridgehead atoms. The summed E-state index contributed by atoms with van der Waals surface area (Å²) in [6, 6.07) is 3.73. The number of hydrogen-bond acceptors (Lipinski definition) is 5. The van der Waals surface area contributed by atoms with E-state index < -0.39 is 5.91 Å². The third kappa shape index (κ3) is 2.85. The number of thiophene rings is 1. The molecule has 152 valence electrons. The van der Waals surface area contributed by atoms with Gasteiger partial charge in [0.1, 0.15) is 10.6 Å². The lowest BCUT2D eigenvalue weighted by Gasteiger charge is -2.34. The molecule has 2 fully saturated rings. The molecule has 1 saturated carbocycles. The summed E-state index contributed by atoms with van der Waals surface area (Å²) in [7, 11) is 0. The van der Waals surface area contributed by atoms with Crippen LogP contribution in [0.1, 0.15) is 41.0 Å². The van der Waals surface area contributed by atoms with Crippen molar-refractivity contribution < 1.29 is 9.18 Å². The molecule has 0 spiro atoms. The Morgan fingerprint density at radius 2 is 2.10 bits per heavy atom. The number of nitrogens with two attached hydrogens (primary N) is 1. The Hall–Kier alpha value is -2.45. The highest BCUT2D eigenvalue weighted by molar-refractivity contribution is 7.20. The summed E-state index contributed by atoms with van der Waals surface area (Å²) in [6.45, 7) is 6.04. The van der Waals surface area contributed by atoms with Crippen LogP contribution in [0.15, 0.2) is 16.9 Å². The Morgan fingerprint density at radius 1 is 1.34 bits per heavy atom. The van der Waals surface area contributed by atoms with Crippen molar-refractivity contribution in [3.63, 3.8) is 0 Å². The summed E-state index contributed by atoms with van der Waals surface area (Å²) in [6.07, 6.45) is 2.01. The molecule has 1 atom stereocenters. The predicted octanol–water partition coefficient (Wildman–Crippen LogP) is 2.90. The lowest BCUT2D eigenvalue weighted by atomic mass is 10.1. The van der Waals surface area contributed by atoms with Crippen molar-refractivity contribution in [1.82, 2.24) is 9.88 Å². The molecule has 0 radical (unpaired) electrons. The van der Waals surface area contributed by atoms with Gasteiger partial charge in [0.15, 0.2) is 5.43 Å². The number of amides is 1. The standard InChI is InChI=1S/C21H23FN4O2S/c1-10-9-25(6-5-24-10)16-8-15-13(7-14(16)22)18(27)17-11(2)19(20(23)28)29-21(17)26(15)12-3-4-12/h7-8,10,12,24H,3-6,9H2,1-2H3,(H2,23,28). The molecule has 2 aromatic heterocycles. The van der Waals surface area contributed by atoms with Gasteiger partial charge < -0.3 is 20.5 Å². The van der Waals surface area contributed by atoms with Gasteiger partial charge >= 0.3 is 0 Å². The van der Waals surface area contributed by atoms with Gasteiger partial charge in [0.25, 0.3) is 5.91 Å². The number of pyridine rings is 1. The number of fused-ring (bicyclic) bond motifs is 2. The maximum Gasteiger partial charge on any atom is 0.259 e. The van der Waals surface area contributed by atoms with E-state index in [1.807, 2.05) is 11.0 Å². The highest BCUT2D eigenvalue weighted by atomic mass is 32.1. The number of carbonyl (C=O) groups is 1. The summed E-state index contributed by atoms with van der Waals surface area (Å²) < 4.78 is 17.2. The van der Waals surface area contributed by atoms with Crippen LogP contribution >= 0.6 is 11.3 Å². The normalized spacial score (nSPS) is 20.0. The molecule has 1 aromatic carbocycles. The molecule has 1 aliphatic carbocycles. The van der Waals surface area contributed by atoms with Crippen molar-refractivity contribution in [2.75, 3.05) is 24.5 Å². The first-order valence-corrected chi connectivity index (χ1v) is 10.8. The van der Waals surface area contributed by atoms with E-state index in [4.69, 9.17) is 5.73 Å². The average molecular weight is 415 g/mol. The number of hydrogen-bond donors (Lipinski definition) is 2. The molecule has 3 heterocycles. The lowest BCUT2D eigenvalue weighted by molar-refractivity contribution is 0.100. The van der Waals surface area contributed by atoms with E-state index in [2.05, 4.69) is 16.8 Å². The van der Waals surface area contributed by atoms with Crippen LogP contribution in [-0.4, -0.2) is 36.2 Å². The molecule has 1 unspecified atom stereocenters. The fraction of sp³-hybridized carbons (Fsp3) is 0.429. The van der Waals surface area contributed by atoms with E-state index in [-0.39, 0.29) is 23.3 Å². The Kier molecular flexibility index (Phi) is 4.18. The van der Waals surface area contributed by atoms with E-state index >= 15 is 4.39 Å². The van der Waals surface area contributed by atoms with Crippen molar-refractivity contribution in [2.45, 2.75) is 38.8 Å². The second-order valence-corrected chi connectivity index (χ2v) is 9.15. The third-order valence-corrected chi connectivity index (χ3v) is 7.29. The summed E-state index contributed by atoms with van der Waals surface area (Å²) in [5, 5.41) is 4.23. The molecule has 2 aliphatic rings. The van der Waals surface area contributed by atoms with E-state index in [1.54, 1.807) is 6.92 Å². The molecular formula is C21H23FN4O2S. The van der Waals surface area contributed by atoms with Gasteiger partial charge in [0, 0.05) is 37.1 Å². The van der Waals surface area contributed by atoms with Gasteiger partial charge in [-0.15, -0.1) is 11.3 Å². The minimum atomic E-state index is -0.531. The molecule has 5 rings (SSSR count). The zero-order chi connectivity index (χ0) is 20.4. The quantitative estimate of drug-likeness (QED) is 0.691. The monoisotopic (exact) mass is 414 g/mol. The molecular weight excluding hydrogens is 391 g/mol. The third-order valence-electron chi connectivity index (χ3n) is 5.99. The van der Waals surface area contributed by atoms with E-state index in [9.17, 15) is 9.59 Å². The number of piperazine rings is 1. The maximum absolute atomic E-state index is 15.1. The minimum Gasteiger partial charge on any atom is -0.366 e. The van der Waals surface area contributed by atoms with Gasteiger partial charge in [-0.2, -0.15) is 0 Å². The number of halogens is 1. The number of benzene rings is 1. The first-order valence-electron chi connectivity index (χ1n) is 9.95. The van der Waals surface area contributed by atoms with Crippen molar-refractivity contribution in [3.05, 3.63) is 38.6 Å². The first-order chi connectivity index (χ1) is 13.9. The number of carbonyl (C=O) groups excluding carboxylic acids is 1. The maximum atomic E-state index is 15.1. The summed E-state index contributed by atoms with van der Waals surface area (Å²) in [4.78, 5) is 28.4. The molecule has 1 amide bonds. The molecule has 8 heteroatoms. The van der Waals surface area contributed by atoms with Gasteiger partial charge in [-0.05, 0) is 44.4 Å². The Morgan fingerprint density at radius 3 is 2.76 bits per heavy atom. The molecule has 1 aliphatic heterocycles. The average Bonchev–Trinajstić information content (AvgIpc) is 3.44. The van der Waals surface area contributed by atoms with E-state index in [1.165, 1.54) is 17.4 Å². The predicted molar refractivity (Wildman–Crippen MR) is 115 cm³/mol. The number of primary amides is 1. The Bertz CT molecular complexity index is 1230. The second kappa shape index (κ2) is 6.53. The number of nitrogens with one attached hydrogen (secondary N) is 1. The van der Waals surface area contributed by atoms with E-state index in [0.29, 0.717) is 40.0 Å². The zero-order valence-electron chi connectivity index (χ0n) is 16.4. The molecule has 6 nitrogen and oxygen atoms in total. The lowest BCUT2D eigenvalue weighted by Crippen LogP contribution is -2.49. The molecule has 3 aromatic rings. The van der Waals surface area contributed by atoms with Crippen molar-refractivity contribution in [2.24, 2.45) is 5.73 Å². The number of nitrogens with zero attached hydrogens (tertiary/aromatic N) is 2. The summed E-state index contributed by atoms with van der Waals surface area (Å²) in [5.41, 5.74) is 7.18. The topological polar surface area (TPSA) is 80.4 Å². The van der Waals surface area contributed by atoms with Crippen molar-refractivity contribution >= 4 is 44.1 Å². The van der Waals surface area contributed by atoms with Crippen LogP contribution in [0.4, 0.5) is 10.1 Å². The van der Waals surface area contributed by atoms with Gasteiger partial charge in [-0.3, -0.25) is 9.59 Å². The van der Waals surface area contributed by atoms with Gasteiger partial charge in [-0.25, -0.2) is 4.39 Å². The second-order valence-electron chi connectivity index (χ2n) is 8.15. The largest absolute Gasteiger partial charge is 0.366 e. The minimum absolute atomic E-state index is 0.229. The highest BCUT2D eigenvalue weighted by Gasteiger charge is 2.31. The zero-order valence-corrected chi connectivity index (χ0v) is 17.2. The van der Waals surface area contributed by atoms with Crippen LogP contribution in [0.25, 0.3) is 21.1 Å². The van der Waals surface area contributed by atoms with Crippen LogP contribution in [0.3, 0.4) is 0 Å². The fourth-order valence-corrected chi connectivity index (χ4v) is 5.68. The molecule has 1 saturated heterocycles. The SMILES string of the molecule is Cc1c(C(N)=O)sc2c1c(=O)c1cc(F)c(N3CCNC(C)C3)cc1n2C1CC1. The van der Waals surface area contributed by atoms with Crippen LogP contribution in [-0.2, 0) is 0 Å². The van der Waals surface area contributed by atoms with Gasteiger partial charge in [0.05, 0.1) is 21.5 Å².